The molecule has 1 fully saturated rings. The highest BCUT2D eigenvalue weighted by Crippen LogP contribution is 2.23. The fourth-order valence-corrected chi connectivity index (χ4v) is 4.55. The number of hydrogen-bond acceptors (Lipinski definition) is 9. The molecule has 0 radical (unpaired) electrons. The van der Waals surface area contributed by atoms with E-state index in [0.29, 0.717) is 31.7 Å². The van der Waals surface area contributed by atoms with E-state index in [9.17, 15) is 18.4 Å². The van der Waals surface area contributed by atoms with Gasteiger partial charge in [0.05, 0.1) is 29.6 Å². The molecule has 1 saturated heterocycles. The number of rotatable bonds is 10. The molecule has 0 bridgehead atoms. The number of ether oxygens (including phenoxy) is 2. The van der Waals surface area contributed by atoms with Gasteiger partial charge in [0, 0.05) is 6.54 Å². The molecule has 1 heterocycles. The van der Waals surface area contributed by atoms with E-state index >= 15 is 0 Å². The Morgan fingerprint density at radius 2 is 1.58 bits per heavy atom. The van der Waals surface area contributed by atoms with Crippen molar-refractivity contribution in [3.63, 3.8) is 0 Å². The van der Waals surface area contributed by atoms with Crippen molar-refractivity contribution >= 4 is 16.0 Å². The molecule has 1 aliphatic heterocycles. The van der Waals surface area contributed by atoms with Crippen LogP contribution in [-0.2, 0) is 26.1 Å². The van der Waals surface area contributed by atoms with E-state index in [-0.39, 0.29) is 9.47 Å². The summed E-state index contributed by atoms with van der Waals surface area (Å²) in [5.74, 6) is 0.0966. The molecular formula is C22H29N3O7S. The van der Waals surface area contributed by atoms with Crippen molar-refractivity contribution in [2.75, 3.05) is 33.9 Å². The van der Waals surface area contributed by atoms with Crippen molar-refractivity contribution in [2.45, 2.75) is 24.2 Å². The van der Waals surface area contributed by atoms with Gasteiger partial charge in [-0.25, -0.2) is 13.2 Å². The zero-order valence-electron chi connectivity index (χ0n) is 18.6. The van der Waals surface area contributed by atoms with Gasteiger partial charge in [0.25, 0.3) is 10.0 Å². The zero-order chi connectivity index (χ0) is 23.8. The first-order valence-corrected chi connectivity index (χ1v) is 12.0. The molecule has 0 amide bonds. The number of carbonyl (C=O) groups excluding carboxylic acids is 1. The smallest absolute Gasteiger partial charge is 0.331 e. The number of nitrogens with one attached hydrogen (secondary N) is 1. The minimum absolute atomic E-state index is 0.0766. The average molecular weight is 480 g/mol. The van der Waals surface area contributed by atoms with Crippen LogP contribution in [0.15, 0.2) is 53.4 Å². The minimum Gasteiger partial charge on any atom is -0.497 e. The molecule has 3 rings (SSSR count). The summed E-state index contributed by atoms with van der Waals surface area (Å²) in [6.45, 7) is 2.23. The van der Waals surface area contributed by atoms with Gasteiger partial charge in [0.15, 0.2) is 0 Å². The molecule has 2 aromatic rings. The number of likely N-dealkylation sites (tertiary alicyclic amines) is 1. The standard InChI is InChI=1S/C22H29N3O7S/c1-30-19-5-3-17(4-6-19)11-14-24-15-12-18(13-16-24)22(26)32-25(23-27)33(28,29)21-9-7-20(31-2)8-10-21/h3-10,18,23,27H,11-16H2,1-2H3. The summed E-state index contributed by atoms with van der Waals surface area (Å²) in [4.78, 5) is 19.6. The van der Waals surface area contributed by atoms with E-state index in [1.54, 1.807) is 7.11 Å². The Labute approximate surface area is 193 Å². The highest BCUT2D eigenvalue weighted by Gasteiger charge is 2.33. The van der Waals surface area contributed by atoms with E-state index in [1.807, 2.05) is 24.3 Å². The monoisotopic (exact) mass is 479 g/mol. The number of carbonyl (C=O) groups is 1. The van der Waals surface area contributed by atoms with Crippen molar-refractivity contribution in [1.82, 2.24) is 15.1 Å². The van der Waals surface area contributed by atoms with Gasteiger partial charge in [0.1, 0.15) is 11.5 Å². The van der Waals surface area contributed by atoms with Crippen LogP contribution in [0.25, 0.3) is 0 Å². The molecule has 2 N–H and O–H groups in total. The number of benzene rings is 2. The van der Waals surface area contributed by atoms with Crippen LogP contribution in [0.1, 0.15) is 18.4 Å². The normalized spacial score (nSPS) is 15.4. The maximum Gasteiger partial charge on any atom is 0.331 e. The molecule has 10 nitrogen and oxygen atoms in total. The molecule has 33 heavy (non-hydrogen) atoms. The number of piperidine rings is 1. The highest BCUT2D eigenvalue weighted by molar-refractivity contribution is 7.89. The van der Waals surface area contributed by atoms with Crippen molar-refractivity contribution < 1.29 is 32.7 Å². The third kappa shape index (κ3) is 6.42. The van der Waals surface area contributed by atoms with Crippen molar-refractivity contribution in [1.29, 1.82) is 0 Å². The van der Waals surface area contributed by atoms with Gasteiger partial charge < -0.3 is 19.2 Å². The van der Waals surface area contributed by atoms with Gasteiger partial charge >= 0.3 is 5.97 Å². The molecule has 11 heteroatoms. The Hall–Kier alpha value is -2.70. The molecule has 0 aliphatic carbocycles. The highest BCUT2D eigenvalue weighted by atomic mass is 32.2. The predicted octanol–water partition coefficient (Wildman–Crippen LogP) is 2.00. The zero-order valence-corrected chi connectivity index (χ0v) is 19.5. The van der Waals surface area contributed by atoms with Gasteiger partial charge in [-0.05, 0) is 74.3 Å². The number of hydrazine groups is 1. The van der Waals surface area contributed by atoms with E-state index in [2.05, 4.69) is 4.90 Å². The quantitative estimate of drug-likeness (QED) is 0.493. The van der Waals surface area contributed by atoms with Crippen LogP contribution in [0, 0.1) is 5.92 Å². The molecule has 0 saturated carbocycles. The fourth-order valence-electron chi connectivity index (χ4n) is 3.59. The number of nitrogens with zero attached hydrogens (tertiary/aromatic N) is 2. The molecule has 0 aromatic heterocycles. The van der Waals surface area contributed by atoms with Gasteiger partial charge in [-0.3, -0.25) is 5.21 Å². The topological polar surface area (TPSA) is 118 Å². The summed E-state index contributed by atoms with van der Waals surface area (Å²) in [6, 6.07) is 13.4. The van der Waals surface area contributed by atoms with E-state index in [4.69, 9.17) is 14.3 Å². The first-order chi connectivity index (χ1) is 15.9. The molecule has 0 atom stereocenters. The largest absolute Gasteiger partial charge is 0.497 e. The van der Waals surface area contributed by atoms with Gasteiger partial charge in [-0.15, -0.1) is 0 Å². The Kier molecular flexibility index (Phi) is 8.64. The van der Waals surface area contributed by atoms with Crippen molar-refractivity contribution in [2.24, 2.45) is 5.92 Å². The summed E-state index contributed by atoms with van der Waals surface area (Å²) in [7, 11) is -1.22. The third-order valence-electron chi connectivity index (χ3n) is 5.63. The maximum atomic E-state index is 12.7. The summed E-state index contributed by atoms with van der Waals surface area (Å²) < 4.78 is 35.6. The van der Waals surface area contributed by atoms with E-state index < -0.39 is 21.9 Å². The SMILES string of the molecule is COc1ccc(CCN2CCC(C(=O)ON(NO)S(=O)(=O)c3ccc(OC)cc3)CC2)cc1. The second kappa shape index (κ2) is 11.4. The van der Waals surface area contributed by atoms with Crippen molar-refractivity contribution in [3.8, 4) is 11.5 Å². The second-order valence-corrected chi connectivity index (χ2v) is 9.39. The average Bonchev–Trinajstić information content (AvgIpc) is 2.86. The van der Waals surface area contributed by atoms with Gasteiger partial charge in [-0.2, -0.15) is 0 Å². The predicted molar refractivity (Wildman–Crippen MR) is 119 cm³/mol. The molecule has 180 valence electrons. The Morgan fingerprint density at radius 1 is 1.03 bits per heavy atom. The van der Waals surface area contributed by atoms with E-state index in [0.717, 1.165) is 18.7 Å². The Balaban J connectivity index is 1.50. The molecule has 0 spiro atoms. The lowest BCUT2D eigenvalue weighted by molar-refractivity contribution is -0.209. The first kappa shape index (κ1) is 24.9. The lowest BCUT2D eigenvalue weighted by atomic mass is 9.97. The summed E-state index contributed by atoms with van der Waals surface area (Å²) >= 11 is 0. The van der Waals surface area contributed by atoms with Crippen LogP contribution < -0.4 is 15.1 Å². The van der Waals surface area contributed by atoms with Crippen molar-refractivity contribution in [3.05, 3.63) is 54.1 Å². The van der Waals surface area contributed by atoms with Gasteiger partial charge in [0.2, 0.25) is 0 Å². The molecule has 2 aromatic carbocycles. The number of methoxy groups -OCH3 is 2. The van der Waals surface area contributed by atoms with Crippen LogP contribution in [0.3, 0.4) is 0 Å². The summed E-state index contributed by atoms with van der Waals surface area (Å²) in [5.41, 5.74) is 2.65. The maximum absolute atomic E-state index is 12.7. The number of hydrogen-bond donors (Lipinski definition) is 2. The third-order valence-corrected chi connectivity index (χ3v) is 7.09. The van der Waals surface area contributed by atoms with Crippen LogP contribution in [0.5, 0.6) is 11.5 Å². The molecule has 1 aliphatic rings. The molecular weight excluding hydrogens is 450 g/mol. The number of sulfonamides is 1. The lowest BCUT2D eigenvalue weighted by Gasteiger charge is -2.31. The fraction of sp³-hybridized carbons (Fsp3) is 0.409. The summed E-state index contributed by atoms with van der Waals surface area (Å²) in [5, 5.41) is 9.30. The lowest BCUT2D eigenvalue weighted by Crippen LogP contribution is -2.45. The Bertz CT molecular complexity index is 1010. The minimum atomic E-state index is -4.31. The van der Waals surface area contributed by atoms with Gasteiger partial charge in [-0.1, -0.05) is 17.7 Å². The second-order valence-electron chi connectivity index (χ2n) is 7.63. The van der Waals surface area contributed by atoms with Crippen LogP contribution >= 0.6 is 0 Å². The Morgan fingerprint density at radius 3 is 2.09 bits per heavy atom. The summed E-state index contributed by atoms with van der Waals surface area (Å²) in [6.07, 6.45) is 1.94. The molecule has 0 unspecified atom stereocenters. The van der Waals surface area contributed by atoms with Crippen LogP contribution in [-0.4, -0.2) is 62.9 Å². The first-order valence-electron chi connectivity index (χ1n) is 10.5. The van der Waals surface area contributed by atoms with Crippen LogP contribution in [0.4, 0.5) is 0 Å². The van der Waals surface area contributed by atoms with E-state index in [1.165, 1.54) is 42.5 Å². The van der Waals surface area contributed by atoms with Crippen LogP contribution in [0.2, 0.25) is 0 Å².